The first-order valence-electron chi connectivity index (χ1n) is 6.47. The molecule has 0 radical (unpaired) electrons. The van der Waals surface area contributed by atoms with Crippen LogP contribution in [-0.4, -0.2) is 16.1 Å². The molecule has 0 aliphatic rings. The Balaban J connectivity index is 2.06. The number of benzene rings is 1. The summed E-state index contributed by atoms with van der Waals surface area (Å²) in [6.07, 6.45) is -2.03. The molecule has 4 nitrogen and oxygen atoms in total. The Labute approximate surface area is 140 Å². The van der Waals surface area contributed by atoms with Gasteiger partial charge in [-0.25, -0.2) is 4.98 Å². The van der Waals surface area contributed by atoms with Crippen LogP contribution in [0.25, 0.3) is 0 Å². The largest absolute Gasteiger partial charge is 0.433 e. The zero-order valence-electron chi connectivity index (χ0n) is 11.6. The first-order valence-corrected chi connectivity index (χ1v) is 7.64. The standard InChI is InChI=1S/C14H13BrClF2N3O/c1-2-14(17,18)22-10-5-3-4-9(6-10)7-19-12-11(15)8-20-13(16)21-12/h3-6,8H,2,7H2,1H3,(H,19,20,21). The quantitative estimate of drug-likeness (QED) is 0.711. The van der Waals surface area contributed by atoms with Gasteiger partial charge < -0.3 is 10.1 Å². The van der Waals surface area contributed by atoms with Crippen LogP contribution in [0.1, 0.15) is 18.9 Å². The summed E-state index contributed by atoms with van der Waals surface area (Å²) in [5.74, 6) is 0.635. The minimum atomic E-state index is -3.17. The highest BCUT2D eigenvalue weighted by Crippen LogP contribution is 2.26. The SMILES string of the molecule is CCC(F)(F)Oc1cccc(CNc2nc(Cl)ncc2Br)c1. The van der Waals surface area contributed by atoms with Crippen molar-refractivity contribution < 1.29 is 13.5 Å². The third kappa shape index (κ3) is 4.78. The van der Waals surface area contributed by atoms with Crippen LogP contribution >= 0.6 is 27.5 Å². The van der Waals surface area contributed by atoms with Crippen LogP contribution in [0.2, 0.25) is 5.28 Å². The number of rotatable bonds is 6. The molecule has 0 atom stereocenters. The highest BCUT2D eigenvalue weighted by molar-refractivity contribution is 9.10. The van der Waals surface area contributed by atoms with E-state index in [2.05, 4.69) is 36.0 Å². The van der Waals surface area contributed by atoms with Gasteiger partial charge in [-0.15, -0.1) is 0 Å². The first kappa shape index (κ1) is 16.9. The smallest absolute Gasteiger partial charge is 0.397 e. The van der Waals surface area contributed by atoms with Crippen molar-refractivity contribution in [2.75, 3.05) is 5.32 Å². The highest BCUT2D eigenvalue weighted by atomic mass is 79.9. The fourth-order valence-corrected chi connectivity index (χ4v) is 2.08. The fraction of sp³-hybridized carbons (Fsp3) is 0.286. The van der Waals surface area contributed by atoms with Crippen molar-refractivity contribution in [3.63, 3.8) is 0 Å². The first-order chi connectivity index (χ1) is 10.4. The Hall–Kier alpha value is -1.47. The molecule has 0 saturated heterocycles. The molecule has 1 N–H and O–H groups in total. The summed E-state index contributed by atoms with van der Waals surface area (Å²) in [5.41, 5.74) is 0.769. The molecule has 118 valence electrons. The molecular weight excluding hydrogens is 380 g/mol. The molecule has 1 heterocycles. The zero-order valence-corrected chi connectivity index (χ0v) is 14.0. The minimum absolute atomic E-state index is 0.116. The molecule has 0 unspecified atom stereocenters. The number of anilines is 1. The second-order valence-corrected chi connectivity index (χ2v) is 5.62. The van der Waals surface area contributed by atoms with E-state index in [4.69, 9.17) is 11.6 Å². The summed E-state index contributed by atoms with van der Waals surface area (Å²) in [4.78, 5) is 7.85. The van der Waals surface area contributed by atoms with E-state index in [1.54, 1.807) is 18.2 Å². The van der Waals surface area contributed by atoms with E-state index < -0.39 is 6.11 Å². The topological polar surface area (TPSA) is 47.0 Å². The summed E-state index contributed by atoms with van der Waals surface area (Å²) in [5, 5.41) is 3.16. The average molecular weight is 393 g/mol. The van der Waals surface area contributed by atoms with Crippen LogP contribution in [0.5, 0.6) is 5.75 Å². The normalized spacial score (nSPS) is 11.3. The van der Waals surface area contributed by atoms with E-state index in [9.17, 15) is 8.78 Å². The van der Waals surface area contributed by atoms with Crippen molar-refractivity contribution in [2.45, 2.75) is 26.0 Å². The van der Waals surface area contributed by atoms with E-state index in [1.807, 2.05) is 0 Å². The van der Waals surface area contributed by atoms with Gasteiger partial charge in [0.15, 0.2) is 0 Å². The molecule has 22 heavy (non-hydrogen) atoms. The maximum atomic E-state index is 13.2. The van der Waals surface area contributed by atoms with E-state index in [0.717, 1.165) is 5.56 Å². The average Bonchev–Trinajstić information content (AvgIpc) is 2.48. The van der Waals surface area contributed by atoms with Gasteiger partial charge in [-0.1, -0.05) is 19.1 Å². The molecule has 0 fully saturated rings. The summed E-state index contributed by atoms with van der Waals surface area (Å²) in [6.45, 7) is 1.74. The number of aromatic nitrogens is 2. The second kappa shape index (κ2) is 7.19. The van der Waals surface area contributed by atoms with Gasteiger partial charge in [-0.2, -0.15) is 13.8 Å². The van der Waals surface area contributed by atoms with Gasteiger partial charge in [-0.3, -0.25) is 0 Å². The van der Waals surface area contributed by atoms with Crippen LogP contribution in [0.4, 0.5) is 14.6 Å². The molecule has 2 aromatic rings. The Bertz CT molecular complexity index is 658. The van der Waals surface area contributed by atoms with Crippen molar-refractivity contribution in [1.29, 1.82) is 0 Å². The van der Waals surface area contributed by atoms with Crippen LogP contribution in [0.15, 0.2) is 34.9 Å². The predicted octanol–water partition coefficient (Wildman–Crippen LogP) is 4.89. The third-order valence-corrected chi connectivity index (χ3v) is 3.51. The van der Waals surface area contributed by atoms with Gasteiger partial charge in [0, 0.05) is 19.2 Å². The van der Waals surface area contributed by atoms with Crippen LogP contribution in [0.3, 0.4) is 0 Å². The van der Waals surface area contributed by atoms with Gasteiger partial charge >= 0.3 is 6.11 Å². The summed E-state index contributed by atoms with van der Waals surface area (Å²) >= 11 is 9.02. The van der Waals surface area contributed by atoms with E-state index in [0.29, 0.717) is 16.8 Å². The lowest BCUT2D eigenvalue weighted by Crippen LogP contribution is -2.23. The van der Waals surface area contributed by atoms with Crippen molar-refractivity contribution in [3.8, 4) is 5.75 Å². The van der Waals surface area contributed by atoms with Gasteiger partial charge in [0.25, 0.3) is 0 Å². The zero-order chi connectivity index (χ0) is 16.2. The van der Waals surface area contributed by atoms with Crippen molar-refractivity contribution in [1.82, 2.24) is 9.97 Å². The van der Waals surface area contributed by atoms with Gasteiger partial charge in [0.1, 0.15) is 11.6 Å². The monoisotopic (exact) mass is 391 g/mol. The molecule has 0 aliphatic heterocycles. The van der Waals surface area contributed by atoms with Crippen LogP contribution < -0.4 is 10.1 Å². The van der Waals surface area contributed by atoms with Crippen molar-refractivity contribution >= 4 is 33.3 Å². The lowest BCUT2D eigenvalue weighted by atomic mass is 10.2. The summed E-state index contributed by atoms with van der Waals surface area (Å²) < 4.78 is 31.8. The number of ether oxygens (including phenoxy) is 1. The van der Waals surface area contributed by atoms with Gasteiger partial charge in [0.2, 0.25) is 5.28 Å². The van der Waals surface area contributed by atoms with Gasteiger partial charge in [0.05, 0.1) is 4.47 Å². The van der Waals surface area contributed by atoms with E-state index in [-0.39, 0.29) is 17.5 Å². The molecule has 1 aromatic carbocycles. The fourth-order valence-electron chi connectivity index (χ4n) is 1.62. The molecule has 0 bridgehead atoms. The molecule has 8 heteroatoms. The maximum Gasteiger partial charge on any atom is 0.397 e. The highest BCUT2D eigenvalue weighted by Gasteiger charge is 2.28. The predicted molar refractivity (Wildman–Crippen MR) is 84.4 cm³/mol. The van der Waals surface area contributed by atoms with Crippen molar-refractivity contribution in [2.24, 2.45) is 0 Å². The van der Waals surface area contributed by atoms with Crippen LogP contribution in [0, 0.1) is 0 Å². The molecule has 1 aromatic heterocycles. The third-order valence-electron chi connectivity index (χ3n) is 2.75. The molecule has 2 rings (SSSR count). The molecule has 0 amide bonds. The molecule has 0 spiro atoms. The summed E-state index contributed by atoms with van der Waals surface area (Å²) in [7, 11) is 0. The van der Waals surface area contributed by atoms with E-state index in [1.165, 1.54) is 19.2 Å². The Kier molecular flexibility index (Phi) is 5.52. The molecular formula is C14H13BrClF2N3O. The lowest BCUT2D eigenvalue weighted by molar-refractivity contribution is -0.177. The Morgan fingerprint density at radius 3 is 2.91 bits per heavy atom. The maximum absolute atomic E-state index is 13.2. The number of nitrogens with one attached hydrogen (secondary N) is 1. The van der Waals surface area contributed by atoms with Gasteiger partial charge in [-0.05, 0) is 45.2 Å². The molecule has 0 aliphatic carbocycles. The Morgan fingerprint density at radius 2 is 2.18 bits per heavy atom. The number of alkyl halides is 2. The Morgan fingerprint density at radius 1 is 1.41 bits per heavy atom. The van der Waals surface area contributed by atoms with Crippen LogP contribution in [-0.2, 0) is 6.54 Å². The minimum Gasteiger partial charge on any atom is -0.433 e. The number of hydrogen-bond donors (Lipinski definition) is 1. The van der Waals surface area contributed by atoms with E-state index >= 15 is 0 Å². The number of halogens is 4. The number of nitrogens with zero attached hydrogens (tertiary/aromatic N) is 2. The summed E-state index contributed by atoms with van der Waals surface area (Å²) in [6, 6.07) is 6.48. The lowest BCUT2D eigenvalue weighted by Gasteiger charge is -2.16. The van der Waals surface area contributed by atoms with Crippen molar-refractivity contribution in [3.05, 3.63) is 45.8 Å². The second-order valence-electron chi connectivity index (χ2n) is 4.43. The number of hydrogen-bond acceptors (Lipinski definition) is 4. The molecule has 0 saturated carbocycles.